The summed E-state index contributed by atoms with van der Waals surface area (Å²) in [6, 6.07) is 0. The Morgan fingerprint density at radius 2 is 1.60 bits per heavy atom. The van der Waals surface area contributed by atoms with Gasteiger partial charge in [-0.05, 0) is 27.7 Å². The van der Waals surface area contributed by atoms with Crippen LogP contribution >= 0.6 is 0 Å². The minimum absolute atomic E-state index is 0. The van der Waals surface area contributed by atoms with Crippen molar-refractivity contribution in [3.8, 4) is 0 Å². The highest BCUT2D eigenvalue weighted by molar-refractivity contribution is 6.12. The zero-order chi connectivity index (χ0) is 14.5. The summed E-state index contributed by atoms with van der Waals surface area (Å²) < 4.78 is 21.9. The number of aromatic nitrogens is 2. The Morgan fingerprint density at radius 3 is 1.95 bits per heavy atom. The number of aryl methyl sites for hydroxylation is 1. The van der Waals surface area contributed by atoms with Crippen LogP contribution in [-0.2, 0) is 26.6 Å². The normalized spacial score (nSPS) is 14.8. The first-order valence-electron chi connectivity index (χ1n) is 6.89. The Balaban J connectivity index is 0.00000361. The summed E-state index contributed by atoms with van der Waals surface area (Å²) in [5, 5.41) is -0.588. The van der Waals surface area contributed by atoms with Gasteiger partial charge in [-0.1, -0.05) is 0 Å². The average molecular weight is 323 g/mol. The van der Waals surface area contributed by atoms with Crippen LogP contribution in [0.3, 0.4) is 0 Å². The fourth-order valence-corrected chi connectivity index (χ4v) is 3.13. The van der Waals surface area contributed by atoms with Crippen molar-refractivity contribution in [3.05, 3.63) is 18.7 Å². The molecule has 0 fully saturated rings. The SMILES string of the molecule is CCOC(C)(OCC)C([SiH3])(OCC)[n+]1ccn(C)c1.[Cl-]. The van der Waals surface area contributed by atoms with Gasteiger partial charge in [-0.2, -0.15) is 0 Å². The quantitative estimate of drug-likeness (QED) is 0.293. The van der Waals surface area contributed by atoms with E-state index in [1.165, 1.54) is 0 Å². The Morgan fingerprint density at radius 1 is 1.10 bits per heavy atom. The molecule has 1 atom stereocenters. The first-order chi connectivity index (χ1) is 8.93. The van der Waals surface area contributed by atoms with Crippen molar-refractivity contribution in [1.29, 1.82) is 0 Å². The second-order valence-corrected chi connectivity index (χ2v) is 6.07. The Bertz CT molecular complexity index is 397. The first kappa shape index (κ1) is 19.6. The van der Waals surface area contributed by atoms with Crippen LogP contribution in [0, 0.1) is 0 Å². The van der Waals surface area contributed by atoms with Gasteiger partial charge in [0.15, 0.2) is 0 Å². The van der Waals surface area contributed by atoms with Gasteiger partial charge in [0.2, 0.25) is 17.5 Å². The van der Waals surface area contributed by atoms with Gasteiger partial charge in [-0.25, -0.2) is 9.13 Å². The van der Waals surface area contributed by atoms with Crippen LogP contribution in [0.15, 0.2) is 18.7 Å². The molecule has 0 saturated carbocycles. The molecule has 1 aromatic heterocycles. The lowest BCUT2D eigenvalue weighted by Crippen LogP contribution is -3.00. The second kappa shape index (κ2) is 8.14. The van der Waals surface area contributed by atoms with Crippen LogP contribution in [0.25, 0.3) is 0 Å². The maximum Gasteiger partial charge on any atom is 0.245 e. The molecule has 0 bridgehead atoms. The molecule has 1 rings (SSSR count). The van der Waals surface area contributed by atoms with Crippen molar-refractivity contribution >= 4 is 10.2 Å². The summed E-state index contributed by atoms with van der Waals surface area (Å²) in [6.45, 7) is 9.68. The molecule has 0 aliphatic heterocycles. The minimum atomic E-state index is -0.787. The van der Waals surface area contributed by atoms with E-state index in [0.29, 0.717) is 19.8 Å². The molecular formula is C13H27ClN2O3Si. The number of rotatable bonds is 8. The predicted molar refractivity (Wildman–Crippen MR) is 76.8 cm³/mol. The molecular weight excluding hydrogens is 296 g/mol. The third-order valence-corrected chi connectivity index (χ3v) is 5.08. The molecule has 1 aromatic rings. The molecule has 0 spiro atoms. The van der Waals surface area contributed by atoms with E-state index in [4.69, 9.17) is 14.2 Å². The van der Waals surface area contributed by atoms with E-state index in [-0.39, 0.29) is 12.4 Å². The molecule has 118 valence electrons. The van der Waals surface area contributed by atoms with E-state index in [0.717, 1.165) is 10.2 Å². The highest BCUT2D eigenvalue weighted by atomic mass is 35.5. The van der Waals surface area contributed by atoms with Crippen LogP contribution in [0.4, 0.5) is 0 Å². The summed E-state index contributed by atoms with van der Waals surface area (Å²) in [5.41, 5.74) is 0. The first-order valence-corrected chi connectivity index (χ1v) is 7.89. The van der Waals surface area contributed by atoms with E-state index in [1.807, 2.05) is 62.6 Å². The van der Waals surface area contributed by atoms with Crippen molar-refractivity contribution in [2.45, 2.75) is 38.8 Å². The lowest BCUT2D eigenvalue weighted by molar-refractivity contribution is -0.809. The lowest BCUT2D eigenvalue weighted by Gasteiger charge is -2.42. The molecule has 0 amide bonds. The average Bonchev–Trinajstić information content (AvgIpc) is 2.77. The van der Waals surface area contributed by atoms with Crippen molar-refractivity contribution in [2.75, 3.05) is 19.8 Å². The number of halogens is 1. The smallest absolute Gasteiger partial charge is 0.245 e. The molecule has 0 aliphatic rings. The van der Waals surface area contributed by atoms with Gasteiger partial charge in [0, 0.05) is 19.8 Å². The van der Waals surface area contributed by atoms with Gasteiger partial charge in [-0.3, -0.25) is 0 Å². The number of hydrogen-bond acceptors (Lipinski definition) is 3. The number of hydrogen-bond donors (Lipinski definition) is 0. The van der Waals surface area contributed by atoms with Crippen molar-refractivity contribution in [1.82, 2.24) is 4.57 Å². The van der Waals surface area contributed by atoms with E-state index >= 15 is 0 Å². The van der Waals surface area contributed by atoms with Crippen LogP contribution in [0.2, 0.25) is 0 Å². The zero-order valence-electron chi connectivity index (χ0n) is 13.4. The molecule has 5 nitrogen and oxygen atoms in total. The Hall–Kier alpha value is -0.403. The van der Waals surface area contributed by atoms with E-state index in [9.17, 15) is 0 Å². The second-order valence-electron chi connectivity index (χ2n) is 4.71. The Kier molecular flexibility index (Phi) is 7.98. The van der Waals surface area contributed by atoms with Crippen LogP contribution in [0.5, 0.6) is 0 Å². The van der Waals surface area contributed by atoms with Crippen molar-refractivity contribution in [3.63, 3.8) is 0 Å². The summed E-state index contributed by atoms with van der Waals surface area (Å²) >= 11 is 0. The van der Waals surface area contributed by atoms with Gasteiger partial charge in [0.25, 0.3) is 0 Å². The molecule has 20 heavy (non-hydrogen) atoms. The van der Waals surface area contributed by atoms with Gasteiger partial charge in [-0.15, -0.1) is 0 Å². The highest BCUT2D eigenvalue weighted by Gasteiger charge is 2.52. The monoisotopic (exact) mass is 322 g/mol. The van der Waals surface area contributed by atoms with Crippen LogP contribution < -0.4 is 17.0 Å². The van der Waals surface area contributed by atoms with Gasteiger partial charge >= 0.3 is 0 Å². The van der Waals surface area contributed by atoms with Crippen LogP contribution in [0.1, 0.15) is 27.7 Å². The number of imidazole rings is 1. The summed E-state index contributed by atoms with van der Waals surface area (Å²) in [6.07, 6.45) is 5.99. The van der Waals surface area contributed by atoms with Crippen LogP contribution in [-0.4, -0.2) is 40.4 Å². The van der Waals surface area contributed by atoms with E-state index in [1.54, 1.807) is 0 Å². The Labute approximate surface area is 131 Å². The fourth-order valence-electron chi connectivity index (χ4n) is 2.28. The maximum atomic E-state index is 6.06. The fraction of sp³-hybridized carbons (Fsp3) is 0.769. The molecule has 1 heterocycles. The van der Waals surface area contributed by atoms with Gasteiger partial charge < -0.3 is 26.6 Å². The third kappa shape index (κ3) is 3.83. The summed E-state index contributed by atoms with van der Waals surface area (Å²) in [5.74, 6) is -0.787. The number of nitrogens with zero attached hydrogens (tertiary/aromatic N) is 2. The predicted octanol–water partition coefficient (Wildman–Crippen LogP) is -2.88. The maximum absolute atomic E-state index is 6.06. The topological polar surface area (TPSA) is 36.5 Å². The van der Waals surface area contributed by atoms with E-state index in [2.05, 4.69) is 0 Å². The number of ether oxygens (including phenoxy) is 3. The lowest BCUT2D eigenvalue weighted by atomic mass is 10.2. The zero-order valence-corrected chi connectivity index (χ0v) is 16.1. The van der Waals surface area contributed by atoms with Gasteiger partial charge in [0.05, 0.1) is 7.05 Å². The highest BCUT2D eigenvalue weighted by Crippen LogP contribution is 2.29. The van der Waals surface area contributed by atoms with Gasteiger partial charge in [0.1, 0.15) is 22.6 Å². The largest absolute Gasteiger partial charge is 1.00 e. The van der Waals surface area contributed by atoms with E-state index < -0.39 is 11.1 Å². The minimum Gasteiger partial charge on any atom is -1.00 e. The molecule has 1 unspecified atom stereocenters. The van der Waals surface area contributed by atoms with Crippen molar-refractivity contribution in [2.24, 2.45) is 7.05 Å². The third-order valence-electron chi connectivity index (χ3n) is 3.37. The molecule has 0 aliphatic carbocycles. The molecule has 0 radical (unpaired) electrons. The molecule has 0 aromatic carbocycles. The standard InChI is InChI=1S/C13H27N2O3Si.ClH/c1-6-16-12(4,17-7-2)13(19,18-8-3)15-10-9-14(5)11-15;/h9-11H,6-8H2,1-5,19H3;1H/q+1;/p-1. The molecule has 0 saturated heterocycles. The van der Waals surface area contributed by atoms with Crippen molar-refractivity contribution < 1.29 is 31.2 Å². The summed E-state index contributed by atoms with van der Waals surface area (Å²) in [7, 11) is 2.73. The molecule has 7 heteroatoms. The summed E-state index contributed by atoms with van der Waals surface area (Å²) in [4.78, 5) is 0. The molecule has 0 N–H and O–H groups in total.